The number of amides is 1. The van der Waals surface area contributed by atoms with Gasteiger partial charge in [-0.05, 0) is 19.1 Å². The van der Waals surface area contributed by atoms with Crippen LogP contribution in [0.4, 0.5) is 14.5 Å². The van der Waals surface area contributed by atoms with E-state index in [1.54, 1.807) is 29.4 Å². The highest BCUT2D eigenvalue weighted by Gasteiger charge is 2.28. The molecule has 3 aromatic rings. The van der Waals surface area contributed by atoms with Crippen LogP contribution in [0.2, 0.25) is 0 Å². The highest BCUT2D eigenvalue weighted by atomic mass is 32.1. The summed E-state index contributed by atoms with van der Waals surface area (Å²) in [5, 5.41) is 4.91. The fourth-order valence-corrected chi connectivity index (χ4v) is 3.94. The minimum Gasteiger partial charge on any atom is -0.397 e. The first-order valence-electron chi connectivity index (χ1n) is 8.68. The fraction of sp³-hybridized carbons (Fsp3) is 0.333. The van der Waals surface area contributed by atoms with Gasteiger partial charge in [-0.1, -0.05) is 0 Å². The van der Waals surface area contributed by atoms with Crippen LogP contribution in [-0.2, 0) is 30.8 Å². The monoisotopic (exact) mass is 404 g/mol. The van der Waals surface area contributed by atoms with Crippen LogP contribution in [0.15, 0.2) is 24.5 Å². The van der Waals surface area contributed by atoms with E-state index in [2.05, 4.69) is 15.1 Å². The summed E-state index contributed by atoms with van der Waals surface area (Å²) >= 11 is 1.52. The number of carbonyl (C=O) groups excluding carboxylic acids is 1. The van der Waals surface area contributed by atoms with Gasteiger partial charge in [0.15, 0.2) is 0 Å². The third-order valence-electron chi connectivity index (χ3n) is 4.60. The minimum absolute atomic E-state index is 0.0456. The molecule has 28 heavy (non-hydrogen) atoms. The number of nitrogen functional groups attached to an aromatic ring is 1. The lowest BCUT2D eigenvalue weighted by atomic mass is 10.2. The zero-order chi connectivity index (χ0) is 19.8. The standard InChI is InChI=1S/C18H18F2N6OS/c1-10-22-6-16(28-10)13-3-2-12(21)14(24-13)4-18(27)25-7-11-5-23-26(9-17(19)20)15(11)8-25/h2-3,5-6,17H,4,7-9,21H2,1H3. The number of halogens is 2. The van der Waals surface area contributed by atoms with Crippen molar-refractivity contribution in [2.75, 3.05) is 5.73 Å². The average molecular weight is 404 g/mol. The maximum Gasteiger partial charge on any atom is 0.257 e. The maximum absolute atomic E-state index is 12.8. The number of pyridine rings is 1. The molecule has 3 aromatic heterocycles. The van der Waals surface area contributed by atoms with Gasteiger partial charge in [0.2, 0.25) is 5.91 Å². The number of fused-ring (bicyclic) bond motifs is 1. The molecule has 2 N–H and O–H groups in total. The number of hydrogen-bond donors (Lipinski definition) is 1. The van der Waals surface area contributed by atoms with E-state index in [9.17, 15) is 13.6 Å². The van der Waals surface area contributed by atoms with Crippen molar-refractivity contribution in [1.82, 2.24) is 24.6 Å². The molecule has 0 spiro atoms. The number of aromatic nitrogens is 4. The van der Waals surface area contributed by atoms with Crippen LogP contribution in [0, 0.1) is 6.92 Å². The van der Waals surface area contributed by atoms with Crippen molar-refractivity contribution in [1.29, 1.82) is 0 Å². The van der Waals surface area contributed by atoms with E-state index in [-0.39, 0.29) is 18.9 Å². The molecule has 1 aliphatic heterocycles. The molecule has 1 amide bonds. The van der Waals surface area contributed by atoms with E-state index < -0.39 is 13.0 Å². The molecule has 0 radical (unpaired) electrons. The minimum atomic E-state index is -2.49. The van der Waals surface area contributed by atoms with Gasteiger partial charge in [-0.3, -0.25) is 9.48 Å². The van der Waals surface area contributed by atoms with Crippen molar-refractivity contribution in [3.63, 3.8) is 0 Å². The molecule has 7 nitrogen and oxygen atoms in total. The lowest BCUT2D eigenvalue weighted by molar-refractivity contribution is -0.131. The van der Waals surface area contributed by atoms with Crippen LogP contribution >= 0.6 is 11.3 Å². The smallest absolute Gasteiger partial charge is 0.257 e. The molecule has 0 fully saturated rings. The molecule has 4 rings (SSSR count). The highest BCUT2D eigenvalue weighted by molar-refractivity contribution is 7.15. The first kappa shape index (κ1) is 18.5. The van der Waals surface area contributed by atoms with E-state index in [4.69, 9.17) is 5.73 Å². The van der Waals surface area contributed by atoms with Gasteiger partial charge in [-0.25, -0.2) is 18.7 Å². The van der Waals surface area contributed by atoms with Crippen molar-refractivity contribution in [3.05, 3.63) is 46.5 Å². The van der Waals surface area contributed by atoms with E-state index in [0.29, 0.717) is 23.6 Å². The molecule has 0 saturated carbocycles. The topological polar surface area (TPSA) is 89.9 Å². The predicted octanol–water partition coefficient (Wildman–Crippen LogP) is 2.64. The highest BCUT2D eigenvalue weighted by Crippen LogP contribution is 2.27. The zero-order valence-electron chi connectivity index (χ0n) is 15.1. The van der Waals surface area contributed by atoms with Crippen LogP contribution in [0.3, 0.4) is 0 Å². The van der Waals surface area contributed by atoms with Gasteiger partial charge >= 0.3 is 0 Å². The van der Waals surface area contributed by atoms with Crippen molar-refractivity contribution in [2.24, 2.45) is 0 Å². The molecule has 0 saturated heterocycles. The Balaban J connectivity index is 1.49. The van der Waals surface area contributed by atoms with Crippen LogP contribution < -0.4 is 5.73 Å². The van der Waals surface area contributed by atoms with Crippen molar-refractivity contribution in [2.45, 2.75) is 39.4 Å². The molecule has 1 aliphatic rings. The Morgan fingerprint density at radius 3 is 2.86 bits per heavy atom. The Bertz CT molecular complexity index is 1030. The third kappa shape index (κ3) is 3.59. The number of rotatable bonds is 5. The first-order valence-corrected chi connectivity index (χ1v) is 9.50. The molecule has 4 heterocycles. The maximum atomic E-state index is 12.8. The summed E-state index contributed by atoms with van der Waals surface area (Å²) < 4.78 is 26.6. The van der Waals surface area contributed by atoms with Crippen molar-refractivity contribution in [3.8, 4) is 10.6 Å². The number of anilines is 1. The van der Waals surface area contributed by atoms with Gasteiger partial charge in [0.05, 0.1) is 51.8 Å². The van der Waals surface area contributed by atoms with Gasteiger partial charge in [-0.2, -0.15) is 5.10 Å². The van der Waals surface area contributed by atoms with E-state index >= 15 is 0 Å². The SMILES string of the molecule is Cc1ncc(-c2ccc(N)c(CC(=O)N3Cc4cnn(CC(F)F)c4C3)n2)s1. The Morgan fingerprint density at radius 1 is 1.32 bits per heavy atom. The summed E-state index contributed by atoms with van der Waals surface area (Å²) in [5.41, 5.74) is 9.14. The van der Waals surface area contributed by atoms with Crippen LogP contribution in [0.25, 0.3) is 10.6 Å². The first-order chi connectivity index (χ1) is 13.4. The number of hydrogen-bond acceptors (Lipinski definition) is 6. The second-order valence-corrected chi connectivity index (χ2v) is 7.83. The quantitative estimate of drug-likeness (QED) is 0.706. The Morgan fingerprint density at radius 2 is 2.14 bits per heavy atom. The summed E-state index contributed by atoms with van der Waals surface area (Å²) in [4.78, 5) is 24.0. The van der Waals surface area contributed by atoms with Crippen LogP contribution in [0.1, 0.15) is 22.0 Å². The molecule has 0 aliphatic carbocycles. The number of nitrogens with zero attached hydrogens (tertiary/aromatic N) is 5. The van der Waals surface area contributed by atoms with E-state index in [0.717, 1.165) is 21.1 Å². The number of nitrogens with two attached hydrogens (primary N) is 1. The summed E-state index contributed by atoms with van der Waals surface area (Å²) in [6.07, 6.45) is 0.848. The number of aryl methyl sites for hydroxylation is 1. The second kappa shape index (κ2) is 7.27. The summed E-state index contributed by atoms with van der Waals surface area (Å²) in [6, 6.07) is 3.54. The van der Waals surface area contributed by atoms with Crippen LogP contribution in [0.5, 0.6) is 0 Å². The average Bonchev–Trinajstić information content (AvgIpc) is 3.34. The van der Waals surface area contributed by atoms with E-state index in [1.807, 2.05) is 6.92 Å². The van der Waals surface area contributed by atoms with Crippen LogP contribution in [-0.4, -0.2) is 37.0 Å². The molecular formula is C18H18F2N6OS. The van der Waals surface area contributed by atoms with Crippen molar-refractivity contribution >= 4 is 22.9 Å². The number of alkyl halides is 2. The second-order valence-electron chi connectivity index (χ2n) is 6.59. The summed E-state index contributed by atoms with van der Waals surface area (Å²) in [5.74, 6) is -0.156. The summed E-state index contributed by atoms with van der Waals surface area (Å²) in [6.45, 7) is 2.05. The zero-order valence-corrected chi connectivity index (χ0v) is 15.9. The van der Waals surface area contributed by atoms with Crippen molar-refractivity contribution < 1.29 is 13.6 Å². The molecule has 0 unspecified atom stereocenters. The third-order valence-corrected chi connectivity index (χ3v) is 5.54. The van der Waals surface area contributed by atoms with Gasteiger partial charge in [-0.15, -0.1) is 11.3 Å². The molecular weight excluding hydrogens is 386 g/mol. The predicted molar refractivity (Wildman–Crippen MR) is 101 cm³/mol. The Labute approximate surface area is 163 Å². The lowest BCUT2D eigenvalue weighted by Gasteiger charge is -2.17. The van der Waals surface area contributed by atoms with Gasteiger partial charge in [0.1, 0.15) is 6.54 Å². The molecule has 0 bridgehead atoms. The fourth-order valence-electron chi connectivity index (χ4n) is 3.20. The Kier molecular flexibility index (Phi) is 4.80. The summed E-state index contributed by atoms with van der Waals surface area (Å²) in [7, 11) is 0. The number of thiazole rings is 1. The van der Waals surface area contributed by atoms with Gasteiger partial charge in [0, 0.05) is 18.3 Å². The Hall–Kier alpha value is -2.88. The molecule has 0 aromatic carbocycles. The largest absolute Gasteiger partial charge is 0.397 e. The van der Waals surface area contributed by atoms with E-state index in [1.165, 1.54) is 16.0 Å². The van der Waals surface area contributed by atoms with Gasteiger partial charge < -0.3 is 10.6 Å². The number of carbonyl (C=O) groups is 1. The lowest BCUT2D eigenvalue weighted by Crippen LogP contribution is -2.28. The normalized spacial score (nSPS) is 13.4. The molecule has 0 atom stereocenters. The molecule has 10 heteroatoms. The molecule has 146 valence electrons. The van der Waals surface area contributed by atoms with Gasteiger partial charge in [0.25, 0.3) is 6.43 Å².